The van der Waals surface area contributed by atoms with E-state index in [9.17, 15) is 9.59 Å². The molecule has 5 heteroatoms. The summed E-state index contributed by atoms with van der Waals surface area (Å²) in [5.41, 5.74) is 2.39. The number of nitrogens with zero attached hydrogens (tertiary/aromatic N) is 2. The highest BCUT2D eigenvalue weighted by molar-refractivity contribution is 5.96. The molecule has 0 fully saturated rings. The second-order valence-corrected chi connectivity index (χ2v) is 6.11. The normalized spacial score (nSPS) is 10.5. The number of ketones is 1. The predicted octanol–water partition coefficient (Wildman–Crippen LogP) is 4.17. The van der Waals surface area contributed by atoms with Gasteiger partial charge in [0, 0.05) is 24.5 Å². The fourth-order valence-corrected chi connectivity index (χ4v) is 2.74. The van der Waals surface area contributed by atoms with Crippen molar-refractivity contribution in [3.63, 3.8) is 0 Å². The van der Waals surface area contributed by atoms with Gasteiger partial charge < -0.3 is 5.32 Å². The van der Waals surface area contributed by atoms with Crippen molar-refractivity contribution in [1.29, 1.82) is 0 Å². The maximum atomic E-state index is 12.3. The van der Waals surface area contributed by atoms with Crippen molar-refractivity contribution in [3.05, 3.63) is 78.0 Å². The lowest BCUT2D eigenvalue weighted by atomic mass is 10.1. The Bertz CT molecular complexity index is 886. The molecule has 2 aromatic carbocycles. The van der Waals surface area contributed by atoms with Crippen LogP contribution >= 0.6 is 0 Å². The van der Waals surface area contributed by atoms with Crippen molar-refractivity contribution in [2.24, 2.45) is 0 Å². The molecule has 26 heavy (non-hydrogen) atoms. The third-order valence-electron chi connectivity index (χ3n) is 4.00. The lowest BCUT2D eigenvalue weighted by Crippen LogP contribution is -2.15. The first-order chi connectivity index (χ1) is 12.6. The van der Waals surface area contributed by atoms with Gasteiger partial charge in [-0.1, -0.05) is 48.5 Å². The molecule has 0 aliphatic heterocycles. The fourth-order valence-electron chi connectivity index (χ4n) is 2.74. The highest BCUT2D eigenvalue weighted by atomic mass is 16.1. The SMILES string of the molecule is Cc1cc(NC(=O)CCCC(=O)c2ccccc2)n(-c2ccccc2)n1. The molecule has 1 heterocycles. The van der Waals surface area contributed by atoms with E-state index in [2.05, 4.69) is 10.4 Å². The van der Waals surface area contributed by atoms with E-state index in [0.29, 0.717) is 24.2 Å². The molecular formula is C21H21N3O2. The van der Waals surface area contributed by atoms with Gasteiger partial charge in [-0.05, 0) is 25.5 Å². The number of hydrogen-bond donors (Lipinski definition) is 1. The monoisotopic (exact) mass is 347 g/mol. The molecule has 0 aliphatic carbocycles. The Morgan fingerprint density at radius 2 is 1.62 bits per heavy atom. The van der Waals surface area contributed by atoms with Gasteiger partial charge >= 0.3 is 0 Å². The van der Waals surface area contributed by atoms with E-state index in [-0.39, 0.29) is 18.1 Å². The zero-order valence-corrected chi connectivity index (χ0v) is 14.7. The Labute approximate surface area is 152 Å². The first-order valence-electron chi connectivity index (χ1n) is 8.63. The Morgan fingerprint density at radius 3 is 2.31 bits per heavy atom. The zero-order valence-electron chi connectivity index (χ0n) is 14.7. The lowest BCUT2D eigenvalue weighted by molar-refractivity contribution is -0.116. The largest absolute Gasteiger partial charge is 0.311 e. The van der Waals surface area contributed by atoms with Crippen LogP contribution in [0.1, 0.15) is 35.3 Å². The third kappa shape index (κ3) is 4.45. The van der Waals surface area contributed by atoms with Gasteiger partial charge in [0.25, 0.3) is 0 Å². The van der Waals surface area contributed by atoms with Crippen molar-refractivity contribution < 1.29 is 9.59 Å². The maximum Gasteiger partial charge on any atom is 0.225 e. The quantitative estimate of drug-likeness (QED) is 0.652. The molecule has 3 aromatic rings. The summed E-state index contributed by atoms with van der Waals surface area (Å²) in [5.74, 6) is 0.569. The highest BCUT2D eigenvalue weighted by Crippen LogP contribution is 2.17. The van der Waals surface area contributed by atoms with Crippen molar-refractivity contribution in [2.75, 3.05) is 5.32 Å². The van der Waals surface area contributed by atoms with E-state index in [1.165, 1.54) is 0 Å². The minimum atomic E-state index is -0.122. The number of benzene rings is 2. The third-order valence-corrected chi connectivity index (χ3v) is 4.00. The number of para-hydroxylation sites is 1. The molecule has 0 radical (unpaired) electrons. The van der Waals surface area contributed by atoms with Crippen LogP contribution in [0.4, 0.5) is 5.82 Å². The summed E-state index contributed by atoms with van der Waals surface area (Å²) in [6.45, 7) is 1.88. The second kappa shape index (κ2) is 8.25. The number of aryl methyl sites for hydroxylation is 1. The summed E-state index contributed by atoms with van der Waals surface area (Å²) in [5, 5.41) is 7.32. The molecule has 1 amide bonds. The molecule has 3 rings (SSSR count). The molecule has 1 N–H and O–H groups in total. The average molecular weight is 347 g/mol. The number of amides is 1. The fraction of sp³-hybridized carbons (Fsp3) is 0.190. The van der Waals surface area contributed by atoms with Crippen LogP contribution in [-0.2, 0) is 4.79 Å². The van der Waals surface area contributed by atoms with Gasteiger partial charge in [-0.3, -0.25) is 9.59 Å². The van der Waals surface area contributed by atoms with Gasteiger partial charge in [-0.25, -0.2) is 4.68 Å². The van der Waals surface area contributed by atoms with E-state index in [4.69, 9.17) is 0 Å². The van der Waals surface area contributed by atoms with E-state index in [1.807, 2.05) is 61.5 Å². The molecule has 1 aromatic heterocycles. The van der Waals surface area contributed by atoms with Crippen LogP contribution in [0.2, 0.25) is 0 Å². The zero-order chi connectivity index (χ0) is 18.4. The van der Waals surface area contributed by atoms with Crippen LogP contribution in [0.15, 0.2) is 66.7 Å². The smallest absolute Gasteiger partial charge is 0.225 e. The Hall–Kier alpha value is -3.21. The van der Waals surface area contributed by atoms with Crippen molar-refractivity contribution in [3.8, 4) is 5.69 Å². The molecule has 0 spiro atoms. The highest BCUT2D eigenvalue weighted by Gasteiger charge is 2.12. The minimum absolute atomic E-state index is 0.0589. The van der Waals surface area contributed by atoms with Crippen molar-refractivity contribution >= 4 is 17.5 Å². The average Bonchev–Trinajstić information content (AvgIpc) is 3.03. The molecule has 0 atom stereocenters. The number of carbonyl (C=O) groups excluding carboxylic acids is 2. The van der Waals surface area contributed by atoms with Gasteiger partial charge in [0.1, 0.15) is 5.82 Å². The van der Waals surface area contributed by atoms with Gasteiger partial charge in [-0.2, -0.15) is 5.10 Å². The number of anilines is 1. The van der Waals surface area contributed by atoms with Gasteiger partial charge in [0.05, 0.1) is 11.4 Å². The summed E-state index contributed by atoms with van der Waals surface area (Å²) in [4.78, 5) is 24.3. The number of carbonyl (C=O) groups is 2. The Balaban J connectivity index is 1.57. The molecule has 0 unspecified atom stereocenters. The molecule has 0 aliphatic rings. The molecule has 132 valence electrons. The summed E-state index contributed by atoms with van der Waals surface area (Å²) in [6, 6.07) is 20.6. The predicted molar refractivity (Wildman–Crippen MR) is 102 cm³/mol. The number of rotatable bonds is 7. The van der Waals surface area contributed by atoms with Gasteiger partial charge in [0.2, 0.25) is 5.91 Å². The first kappa shape index (κ1) is 17.6. The van der Waals surface area contributed by atoms with Crippen LogP contribution in [-0.4, -0.2) is 21.5 Å². The lowest BCUT2D eigenvalue weighted by Gasteiger charge is -2.08. The second-order valence-electron chi connectivity index (χ2n) is 6.11. The van der Waals surface area contributed by atoms with E-state index in [0.717, 1.165) is 11.4 Å². The number of aromatic nitrogens is 2. The molecular weight excluding hydrogens is 326 g/mol. The number of nitrogens with one attached hydrogen (secondary N) is 1. The summed E-state index contributed by atoms with van der Waals surface area (Å²) >= 11 is 0. The summed E-state index contributed by atoms with van der Waals surface area (Å²) < 4.78 is 1.71. The molecule has 0 saturated carbocycles. The van der Waals surface area contributed by atoms with Crippen molar-refractivity contribution in [1.82, 2.24) is 9.78 Å². The van der Waals surface area contributed by atoms with Crippen LogP contribution in [0, 0.1) is 6.92 Å². The van der Waals surface area contributed by atoms with Crippen LogP contribution < -0.4 is 5.32 Å². The van der Waals surface area contributed by atoms with Crippen LogP contribution in [0.25, 0.3) is 5.69 Å². The molecule has 0 saturated heterocycles. The number of hydrogen-bond acceptors (Lipinski definition) is 3. The maximum absolute atomic E-state index is 12.3. The Kier molecular flexibility index (Phi) is 5.59. The summed E-state index contributed by atoms with van der Waals surface area (Å²) in [6.07, 6.45) is 1.16. The standard InChI is InChI=1S/C21H21N3O2/c1-16-15-20(24(23-16)18-11-6-3-7-12-18)22-21(26)14-8-13-19(25)17-9-4-2-5-10-17/h2-7,9-12,15H,8,13-14H2,1H3,(H,22,26). The van der Waals surface area contributed by atoms with E-state index >= 15 is 0 Å². The summed E-state index contributed by atoms with van der Waals surface area (Å²) in [7, 11) is 0. The van der Waals surface area contributed by atoms with Gasteiger partial charge in [0.15, 0.2) is 5.78 Å². The topological polar surface area (TPSA) is 64.0 Å². The number of Topliss-reactive ketones (excluding diaryl/α,β-unsaturated/α-hetero) is 1. The minimum Gasteiger partial charge on any atom is -0.311 e. The van der Waals surface area contributed by atoms with Crippen LogP contribution in [0.3, 0.4) is 0 Å². The van der Waals surface area contributed by atoms with E-state index in [1.54, 1.807) is 16.8 Å². The van der Waals surface area contributed by atoms with Gasteiger partial charge in [-0.15, -0.1) is 0 Å². The Morgan fingerprint density at radius 1 is 0.962 bits per heavy atom. The van der Waals surface area contributed by atoms with Crippen LogP contribution in [0.5, 0.6) is 0 Å². The first-order valence-corrected chi connectivity index (χ1v) is 8.63. The molecule has 0 bridgehead atoms. The molecule has 5 nitrogen and oxygen atoms in total. The van der Waals surface area contributed by atoms with E-state index < -0.39 is 0 Å². The van der Waals surface area contributed by atoms with Crippen molar-refractivity contribution in [2.45, 2.75) is 26.2 Å².